The molecule has 3 nitrogen and oxygen atoms in total. The van der Waals surface area contributed by atoms with E-state index in [1.807, 2.05) is 93.1 Å². The van der Waals surface area contributed by atoms with Gasteiger partial charge in [-0.05, 0) is 46.8 Å². The Bertz CT molecular complexity index is 1160. The Morgan fingerprint density at radius 2 is 1.27 bits per heavy atom. The highest BCUT2D eigenvalue weighted by Crippen LogP contribution is 2.27. The van der Waals surface area contributed by atoms with Crippen molar-refractivity contribution >= 4 is 41.5 Å². The molecular formula is C29H27BN2O. The fraction of sp³-hybridized carbons (Fsp3) is 0.0690. The SMILES string of the molecule is CN(C)c1ccc(/C=C/C=Nc2ccccc2OB(c2ccccc2)c2ccccc2)cc1. The molecule has 0 saturated heterocycles. The van der Waals surface area contributed by atoms with Gasteiger partial charge in [0.15, 0.2) is 0 Å². The minimum absolute atomic E-state index is 0.213. The molecule has 33 heavy (non-hydrogen) atoms. The number of anilines is 1. The summed E-state index contributed by atoms with van der Waals surface area (Å²) in [7, 11) is 4.08. The number of aliphatic imine (C=N–C) groups is 1. The number of allylic oxidation sites excluding steroid dienone is 1. The first-order valence-corrected chi connectivity index (χ1v) is 11.0. The minimum atomic E-state index is -0.213. The molecule has 0 radical (unpaired) electrons. The fourth-order valence-electron chi connectivity index (χ4n) is 3.54. The van der Waals surface area contributed by atoms with Gasteiger partial charge in [-0.2, -0.15) is 0 Å². The van der Waals surface area contributed by atoms with Gasteiger partial charge in [0, 0.05) is 26.0 Å². The highest BCUT2D eigenvalue weighted by molar-refractivity contribution is 6.80. The first-order valence-electron chi connectivity index (χ1n) is 11.0. The summed E-state index contributed by atoms with van der Waals surface area (Å²) in [6.45, 7) is -0.213. The van der Waals surface area contributed by atoms with Crippen LogP contribution in [-0.4, -0.2) is 27.2 Å². The normalized spacial score (nSPS) is 11.1. The van der Waals surface area contributed by atoms with Crippen molar-refractivity contribution in [1.82, 2.24) is 0 Å². The Morgan fingerprint density at radius 3 is 1.88 bits per heavy atom. The maximum absolute atomic E-state index is 6.53. The molecule has 0 saturated carbocycles. The van der Waals surface area contributed by atoms with Gasteiger partial charge >= 0.3 is 6.92 Å². The van der Waals surface area contributed by atoms with E-state index in [1.54, 1.807) is 0 Å². The zero-order valence-electron chi connectivity index (χ0n) is 19.0. The summed E-state index contributed by atoms with van der Waals surface area (Å²) in [6.07, 6.45) is 5.80. The summed E-state index contributed by atoms with van der Waals surface area (Å²) < 4.78 is 6.53. The number of nitrogens with zero attached hydrogens (tertiary/aromatic N) is 2. The lowest BCUT2D eigenvalue weighted by Crippen LogP contribution is -2.47. The topological polar surface area (TPSA) is 24.8 Å². The van der Waals surface area contributed by atoms with Gasteiger partial charge in [0.1, 0.15) is 11.4 Å². The minimum Gasteiger partial charge on any atom is -0.550 e. The molecular weight excluding hydrogens is 403 g/mol. The van der Waals surface area contributed by atoms with Crippen LogP contribution in [-0.2, 0) is 0 Å². The molecule has 4 aromatic rings. The zero-order valence-corrected chi connectivity index (χ0v) is 19.0. The van der Waals surface area contributed by atoms with E-state index in [-0.39, 0.29) is 6.92 Å². The molecule has 4 rings (SSSR count). The smallest absolute Gasteiger partial charge is 0.426 e. The van der Waals surface area contributed by atoms with Crippen LogP contribution in [0.1, 0.15) is 5.56 Å². The Morgan fingerprint density at radius 1 is 0.697 bits per heavy atom. The van der Waals surface area contributed by atoms with Crippen LogP contribution < -0.4 is 20.5 Å². The van der Waals surface area contributed by atoms with Gasteiger partial charge in [0.2, 0.25) is 0 Å². The maximum Gasteiger partial charge on any atom is 0.426 e. The predicted molar refractivity (Wildman–Crippen MR) is 143 cm³/mol. The summed E-state index contributed by atoms with van der Waals surface area (Å²) in [5.41, 5.74) is 5.30. The third-order valence-electron chi connectivity index (χ3n) is 5.31. The molecule has 0 atom stereocenters. The second-order valence-electron chi connectivity index (χ2n) is 7.91. The molecule has 0 aliphatic carbocycles. The molecule has 0 spiro atoms. The van der Waals surface area contributed by atoms with Crippen molar-refractivity contribution < 1.29 is 4.65 Å². The molecule has 0 amide bonds. The van der Waals surface area contributed by atoms with Crippen LogP contribution in [0, 0.1) is 0 Å². The van der Waals surface area contributed by atoms with E-state index < -0.39 is 0 Å². The number of benzene rings is 4. The van der Waals surface area contributed by atoms with E-state index in [2.05, 4.69) is 58.4 Å². The van der Waals surface area contributed by atoms with Crippen molar-refractivity contribution in [1.29, 1.82) is 0 Å². The second-order valence-corrected chi connectivity index (χ2v) is 7.91. The zero-order chi connectivity index (χ0) is 22.9. The van der Waals surface area contributed by atoms with Crippen LogP contribution in [0.15, 0.2) is 120 Å². The summed E-state index contributed by atoms with van der Waals surface area (Å²) >= 11 is 0. The van der Waals surface area contributed by atoms with Crippen molar-refractivity contribution in [3.05, 3.63) is 121 Å². The number of rotatable bonds is 8. The van der Waals surface area contributed by atoms with Crippen molar-refractivity contribution in [2.75, 3.05) is 19.0 Å². The van der Waals surface area contributed by atoms with E-state index in [4.69, 9.17) is 4.65 Å². The quantitative estimate of drug-likeness (QED) is 0.278. The third kappa shape index (κ3) is 6.01. The van der Waals surface area contributed by atoms with Crippen LogP contribution in [0.25, 0.3) is 6.08 Å². The first-order chi connectivity index (χ1) is 16.2. The molecule has 0 unspecified atom stereocenters. The number of para-hydroxylation sites is 2. The molecule has 4 heteroatoms. The lowest BCUT2D eigenvalue weighted by Gasteiger charge is -2.18. The lowest BCUT2D eigenvalue weighted by molar-refractivity contribution is 0.593. The monoisotopic (exact) mass is 430 g/mol. The van der Waals surface area contributed by atoms with Crippen LogP contribution >= 0.6 is 0 Å². The molecule has 0 bridgehead atoms. The fourth-order valence-corrected chi connectivity index (χ4v) is 3.54. The van der Waals surface area contributed by atoms with Gasteiger partial charge in [-0.1, -0.05) is 91.0 Å². The molecule has 4 aromatic carbocycles. The van der Waals surface area contributed by atoms with Gasteiger partial charge < -0.3 is 9.55 Å². The van der Waals surface area contributed by atoms with Gasteiger partial charge in [0.05, 0.1) is 0 Å². The average Bonchev–Trinajstić information content (AvgIpc) is 2.87. The Balaban J connectivity index is 1.54. The third-order valence-corrected chi connectivity index (χ3v) is 5.31. The molecule has 0 fully saturated rings. The standard InChI is InChI=1S/C29H27BN2O/c1-32(2)27-21-19-24(20-22-27)12-11-23-31-28-17-9-10-18-29(28)33-30(25-13-5-3-6-14-25)26-15-7-4-8-16-26/h3-23H,1-2H3/b12-11+,31-23?. The van der Waals surface area contributed by atoms with E-state index in [1.165, 1.54) is 5.69 Å². The van der Waals surface area contributed by atoms with Crippen LogP contribution in [0.4, 0.5) is 11.4 Å². The van der Waals surface area contributed by atoms with Crippen molar-refractivity contribution in [2.24, 2.45) is 4.99 Å². The Kier molecular flexibility index (Phi) is 7.39. The first kappa shape index (κ1) is 22.2. The summed E-state index contributed by atoms with van der Waals surface area (Å²) in [4.78, 5) is 6.75. The average molecular weight is 430 g/mol. The van der Waals surface area contributed by atoms with Gasteiger partial charge in [-0.25, -0.2) is 0 Å². The molecule has 162 valence electrons. The summed E-state index contributed by atoms with van der Waals surface area (Å²) in [6, 6.07) is 36.8. The molecule has 0 aromatic heterocycles. The van der Waals surface area contributed by atoms with Crippen molar-refractivity contribution in [3.8, 4) is 5.75 Å². The van der Waals surface area contributed by atoms with Crippen molar-refractivity contribution in [2.45, 2.75) is 0 Å². The molecule has 0 N–H and O–H groups in total. The van der Waals surface area contributed by atoms with E-state index >= 15 is 0 Å². The highest BCUT2D eigenvalue weighted by atomic mass is 16.4. The van der Waals surface area contributed by atoms with E-state index in [0.717, 1.165) is 27.9 Å². The predicted octanol–water partition coefficient (Wildman–Crippen LogP) is 5.35. The van der Waals surface area contributed by atoms with Crippen molar-refractivity contribution in [3.63, 3.8) is 0 Å². The second kappa shape index (κ2) is 11.0. The van der Waals surface area contributed by atoms with E-state index in [9.17, 15) is 0 Å². The van der Waals surface area contributed by atoms with Gasteiger partial charge in [-0.15, -0.1) is 0 Å². The highest BCUT2D eigenvalue weighted by Gasteiger charge is 2.24. The molecule has 0 aliphatic rings. The van der Waals surface area contributed by atoms with Crippen LogP contribution in [0.5, 0.6) is 5.75 Å². The van der Waals surface area contributed by atoms with Crippen LogP contribution in [0.3, 0.4) is 0 Å². The molecule has 0 aliphatic heterocycles. The Hall–Kier alpha value is -4.05. The largest absolute Gasteiger partial charge is 0.550 e. The van der Waals surface area contributed by atoms with Crippen LogP contribution in [0.2, 0.25) is 0 Å². The Labute approximate surface area is 196 Å². The number of hydrogen-bond donors (Lipinski definition) is 0. The summed E-state index contributed by atoms with van der Waals surface area (Å²) in [5, 5.41) is 0. The summed E-state index contributed by atoms with van der Waals surface area (Å²) in [5.74, 6) is 0.746. The number of hydrogen-bond acceptors (Lipinski definition) is 3. The molecule has 0 heterocycles. The van der Waals surface area contributed by atoms with Gasteiger partial charge in [-0.3, -0.25) is 4.99 Å². The maximum atomic E-state index is 6.53. The van der Waals surface area contributed by atoms with E-state index in [0.29, 0.717) is 0 Å². The van der Waals surface area contributed by atoms with Gasteiger partial charge in [0.25, 0.3) is 0 Å². The lowest BCUT2D eigenvalue weighted by atomic mass is 9.55.